The minimum absolute atomic E-state index is 0.0927. The van der Waals surface area contributed by atoms with Gasteiger partial charge in [0, 0.05) is 5.92 Å². The van der Waals surface area contributed by atoms with Gasteiger partial charge in [-0.25, -0.2) is 0 Å². The van der Waals surface area contributed by atoms with Crippen molar-refractivity contribution in [2.24, 2.45) is 0 Å². The van der Waals surface area contributed by atoms with Crippen molar-refractivity contribution in [2.75, 3.05) is 0 Å². The molecule has 2 aliphatic rings. The number of hydrogen-bond acceptors (Lipinski definition) is 2. The molecule has 1 aromatic carbocycles. The number of ketones is 1. The second kappa shape index (κ2) is 3.31. The molecule has 0 N–H and O–H groups in total. The van der Waals surface area contributed by atoms with E-state index >= 15 is 0 Å². The number of hydrogen-bond donors (Lipinski definition) is 0. The van der Waals surface area contributed by atoms with E-state index in [1.54, 1.807) is 6.08 Å². The molecule has 76 valence electrons. The lowest BCUT2D eigenvalue weighted by atomic mass is 9.92. The number of carbonyl (C=O) groups is 1. The number of fused-ring (bicyclic) bond motifs is 2. The molecule has 2 nitrogen and oxygen atoms in total. The minimum Gasteiger partial charge on any atom is -0.362 e. The molecule has 1 saturated heterocycles. The molecule has 0 unspecified atom stereocenters. The van der Waals surface area contributed by atoms with Crippen molar-refractivity contribution in [3.05, 3.63) is 48.0 Å². The third-order valence-corrected chi connectivity index (χ3v) is 3.18. The highest BCUT2D eigenvalue weighted by Crippen LogP contribution is 2.38. The Balaban J connectivity index is 1.92. The van der Waals surface area contributed by atoms with Gasteiger partial charge < -0.3 is 4.74 Å². The predicted molar refractivity (Wildman–Crippen MR) is 56.6 cm³/mol. The van der Waals surface area contributed by atoms with Crippen LogP contribution >= 0.6 is 0 Å². The molecule has 2 bridgehead atoms. The van der Waals surface area contributed by atoms with Crippen LogP contribution < -0.4 is 0 Å². The normalized spacial score (nSPS) is 33.3. The number of benzene rings is 1. The number of carbonyl (C=O) groups excluding carboxylic acids is 1. The van der Waals surface area contributed by atoms with Crippen LogP contribution in [0.1, 0.15) is 17.9 Å². The third kappa shape index (κ3) is 1.41. The van der Waals surface area contributed by atoms with Gasteiger partial charge >= 0.3 is 0 Å². The lowest BCUT2D eigenvalue weighted by Crippen LogP contribution is -2.22. The average molecular weight is 200 g/mol. The summed E-state index contributed by atoms with van der Waals surface area (Å²) in [6.07, 6.45) is 4.27. The molecule has 0 radical (unpaired) electrons. The van der Waals surface area contributed by atoms with Gasteiger partial charge in [0.2, 0.25) is 0 Å². The van der Waals surface area contributed by atoms with E-state index in [4.69, 9.17) is 4.74 Å². The first-order chi connectivity index (χ1) is 7.34. The molecule has 15 heavy (non-hydrogen) atoms. The van der Waals surface area contributed by atoms with Crippen molar-refractivity contribution in [3.8, 4) is 0 Å². The molecule has 2 heteroatoms. The Morgan fingerprint density at radius 3 is 2.73 bits per heavy atom. The highest BCUT2D eigenvalue weighted by Gasteiger charge is 2.40. The SMILES string of the molecule is O=C1C=C[C@H]2O[C@@H]1C[C@H]2c1ccccc1. The van der Waals surface area contributed by atoms with E-state index in [1.807, 2.05) is 24.3 Å². The van der Waals surface area contributed by atoms with E-state index in [0.717, 1.165) is 6.42 Å². The molecule has 2 aliphatic heterocycles. The zero-order valence-electron chi connectivity index (χ0n) is 8.30. The molecular weight excluding hydrogens is 188 g/mol. The van der Waals surface area contributed by atoms with Crippen molar-refractivity contribution in [1.29, 1.82) is 0 Å². The van der Waals surface area contributed by atoms with Crippen LogP contribution in [0.2, 0.25) is 0 Å². The van der Waals surface area contributed by atoms with Gasteiger partial charge in [-0.1, -0.05) is 36.4 Å². The summed E-state index contributed by atoms with van der Waals surface area (Å²) >= 11 is 0. The second-order valence-corrected chi connectivity index (χ2v) is 4.10. The summed E-state index contributed by atoms with van der Waals surface area (Å²) in [5, 5.41) is 0. The van der Waals surface area contributed by atoms with Crippen molar-refractivity contribution in [1.82, 2.24) is 0 Å². The molecule has 0 aromatic heterocycles. The topological polar surface area (TPSA) is 26.3 Å². The Labute approximate surface area is 88.6 Å². The van der Waals surface area contributed by atoms with Gasteiger partial charge in [0.15, 0.2) is 5.78 Å². The van der Waals surface area contributed by atoms with Crippen LogP contribution in [-0.4, -0.2) is 18.0 Å². The van der Waals surface area contributed by atoms with Crippen molar-refractivity contribution in [2.45, 2.75) is 24.5 Å². The standard InChI is InChI=1S/C13H12O2/c14-11-6-7-12-10(8-13(11)15-12)9-4-2-1-3-5-9/h1-7,10,12-13H,8H2/t10-,12+,13+/m0/s1. The van der Waals surface area contributed by atoms with E-state index in [-0.39, 0.29) is 18.0 Å². The Bertz CT molecular complexity index is 408. The first-order valence-corrected chi connectivity index (χ1v) is 5.27. The van der Waals surface area contributed by atoms with E-state index in [2.05, 4.69) is 12.1 Å². The van der Waals surface area contributed by atoms with Gasteiger partial charge in [-0.2, -0.15) is 0 Å². The summed E-state index contributed by atoms with van der Waals surface area (Å²) in [6.45, 7) is 0. The maximum absolute atomic E-state index is 11.4. The Hall–Kier alpha value is -1.41. The van der Waals surface area contributed by atoms with Crippen LogP contribution in [0.4, 0.5) is 0 Å². The smallest absolute Gasteiger partial charge is 0.184 e. The lowest BCUT2D eigenvalue weighted by molar-refractivity contribution is -0.125. The summed E-state index contributed by atoms with van der Waals surface area (Å²) in [7, 11) is 0. The molecule has 1 aromatic rings. The third-order valence-electron chi connectivity index (χ3n) is 3.18. The van der Waals surface area contributed by atoms with Gasteiger partial charge in [0.1, 0.15) is 6.10 Å². The maximum Gasteiger partial charge on any atom is 0.184 e. The van der Waals surface area contributed by atoms with Crippen LogP contribution in [0.15, 0.2) is 42.5 Å². The zero-order chi connectivity index (χ0) is 10.3. The Morgan fingerprint density at radius 2 is 2.00 bits per heavy atom. The average Bonchev–Trinajstić information content (AvgIpc) is 2.65. The van der Waals surface area contributed by atoms with E-state index in [1.165, 1.54) is 5.56 Å². The highest BCUT2D eigenvalue weighted by molar-refractivity contribution is 5.95. The summed E-state index contributed by atoms with van der Waals surface area (Å²) in [5.41, 5.74) is 1.27. The molecule has 2 heterocycles. The zero-order valence-corrected chi connectivity index (χ0v) is 8.30. The summed E-state index contributed by atoms with van der Waals surface area (Å²) in [5.74, 6) is 0.462. The summed E-state index contributed by atoms with van der Waals surface area (Å²) in [4.78, 5) is 11.4. The molecule has 0 saturated carbocycles. The fraction of sp³-hybridized carbons (Fsp3) is 0.308. The van der Waals surface area contributed by atoms with Crippen molar-refractivity contribution >= 4 is 5.78 Å². The first-order valence-electron chi connectivity index (χ1n) is 5.27. The van der Waals surface area contributed by atoms with Crippen LogP contribution in [0.3, 0.4) is 0 Å². The van der Waals surface area contributed by atoms with Crippen molar-refractivity contribution < 1.29 is 9.53 Å². The van der Waals surface area contributed by atoms with E-state index in [0.29, 0.717) is 5.92 Å². The molecule has 3 rings (SSSR count). The summed E-state index contributed by atoms with van der Waals surface area (Å²) < 4.78 is 5.64. The van der Waals surface area contributed by atoms with E-state index < -0.39 is 0 Å². The Morgan fingerprint density at radius 1 is 1.20 bits per heavy atom. The molecule has 0 spiro atoms. The van der Waals surface area contributed by atoms with Gasteiger partial charge in [-0.3, -0.25) is 4.79 Å². The van der Waals surface area contributed by atoms with Gasteiger partial charge in [0.25, 0.3) is 0 Å². The molecule has 1 fully saturated rings. The van der Waals surface area contributed by atoms with Crippen LogP contribution in [0.25, 0.3) is 0 Å². The van der Waals surface area contributed by atoms with Gasteiger partial charge in [-0.15, -0.1) is 0 Å². The highest BCUT2D eigenvalue weighted by atomic mass is 16.5. The van der Waals surface area contributed by atoms with Crippen LogP contribution in [-0.2, 0) is 9.53 Å². The summed E-state index contributed by atoms with van der Waals surface area (Å²) in [6, 6.07) is 10.3. The molecule has 3 atom stereocenters. The van der Waals surface area contributed by atoms with Crippen LogP contribution in [0, 0.1) is 0 Å². The molecular formula is C13H12O2. The van der Waals surface area contributed by atoms with Crippen LogP contribution in [0.5, 0.6) is 0 Å². The fourth-order valence-electron chi connectivity index (χ4n) is 2.39. The van der Waals surface area contributed by atoms with Crippen molar-refractivity contribution in [3.63, 3.8) is 0 Å². The molecule has 0 aliphatic carbocycles. The quantitative estimate of drug-likeness (QED) is 0.693. The largest absolute Gasteiger partial charge is 0.362 e. The number of rotatable bonds is 1. The predicted octanol–water partition coefficient (Wildman–Crippen LogP) is 2.07. The monoisotopic (exact) mass is 200 g/mol. The lowest BCUT2D eigenvalue weighted by Gasteiger charge is -2.16. The van der Waals surface area contributed by atoms with E-state index in [9.17, 15) is 4.79 Å². The first kappa shape index (κ1) is 8.86. The second-order valence-electron chi connectivity index (χ2n) is 4.10. The van der Waals surface area contributed by atoms with Gasteiger partial charge in [-0.05, 0) is 18.1 Å². The Kier molecular flexibility index (Phi) is 1.96. The maximum atomic E-state index is 11.4. The van der Waals surface area contributed by atoms with Gasteiger partial charge in [0.05, 0.1) is 6.10 Å². The minimum atomic E-state index is -0.204. The fourth-order valence-corrected chi connectivity index (χ4v) is 2.39. The molecule has 0 amide bonds. The number of ether oxygens (including phenoxy) is 1.